The normalized spacial score (nSPS) is 15.8. The molecule has 5 heteroatoms. The molecule has 0 aliphatic carbocycles. The third-order valence-corrected chi connectivity index (χ3v) is 3.81. The number of benzene rings is 1. The first-order valence-corrected chi connectivity index (χ1v) is 7.66. The Bertz CT molecular complexity index is 439. The summed E-state index contributed by atoms with van der Waals surface area (Å²) in [6, 6.07) is 7.93. The van der Waals surface area contributed by atoms with Crippen LogP contribution in [0, 0.1) is 0 Å². The van der Waals surface area contributed by atoms with Crippen LogP contribution in [0.2, 0.25) is 0 Å². The predicted molar refractivity (Wildman–Crippen MR) is 84.9 cm³/mol. The van der Waals surface area contributed by atoms with Gasteiger partial charge >= 0.3 is 6.03 Å². The first-order chi connectivity index (χ1) is 10.2. The second-order valence-electron chi connectivity index (χ2n) is 5.37. The fourth-order valence-corrected chi connectivity index (χ4v) is 2.51. The topological polar surface area (TPSA) is 53.6 Å². The van der Waals surface area contributed by atoms with Gasteiger partial charge in [0.15, 0.2) is 0 Å². The molecule has 0 bridgehead atoms. The first-order valence-electron chi connectivity index (χ1n) is 7.66. The molecule has 1 aliphatic heterocycles. The number of nitrogens with one attached hydrogen (secondary N) is 2. The highest BCUT2D eigenvalue weighted by Crippen LogP contribution is 2.17. The van der Waals surface area contributed by atoms with Crippen LogP contribution < -0.4 is 15.4 Å². The van der Waals surface area contributed by atoms with Crippen molar-refractivity contribution in [3.63, 3.8) is 0 Å². The standard InChI is InChI=1S/C16H25N3O2/c1-3-10-17-13-8-11-19(12-9-13)16(20)18-14-4-6-15(21-2)7-5-14/h4-7,13,17H,3,8-12H2,1-2H3,(H,18,20). The van der Waals surface area contributed by atoms with Crippen LogP contribution in [0.15, 0.2) is 24.3 Å². The highest BCUT2D eigenvalue weighted by Gasteiger charge is 2.22. The Morgan fingerprint density at radius 3 is 2.52 bits per heavy atom. The number of amides is 2. The van der Waals surface area contributed by atoms with E-state index in [0.29, 0.717) is 6.04 Å². The minimum absolute atomic E-state index is 0.0193. The molecule has 1 saturated heterocycles. The molecule has 1 aromatic carbocycles. The van der Waals surface area contributed by atoms with Crippen LogP contribution in [0.5, 0.6) is 5.75 Å². The van der Waals surface area contributed by atoms with Gasteiger partial charge in [-0.1, -0.05) is 6.92 Å². The molecule has 0 atom stereocenters. The lowest BCUT2D eigenvalue weighted by atomic mass is 10.1. The molecule has 1 heterocycles. The van der Waals surface area contributed by atoms with Gasteiger partial charge in [0.1, 0.15) is 5.75 Å². The third kappa shape index (κ3) is 4.63. The van der Waals surface area contributed by atoms with Gasteiger partial charge in [0.25, 0.3) is 0 Å². The zero-order valence-electron chi connectivity index (χ0n) is 12.9. The van der Waals surface area contributed by atoms with Crippen molar-refractivity contribution in [3.8, 4) is 5.75 Å². The molecule has 2 N–H and O–H groups in total. The van der Waals surface area contributed by atoms with E-state index in [1.807, 2.05) is 29.2 Å². The first kappa shape index (κ1) is 15.6. The Hall–Kier alpha value is -1.75. The minimum Gasteiger partial charge on any atom is -0.497 e. The van der Waals surface area contributed by atoms with Crippen LogP contribution in [0.25, 0.3) is 0 Å². The molecule has 2 amide bonds. The van der Waals surface area contributed by atoms with Gasteiger partial charge in [0, 0.05) is 24.8 Å². The lowest BCUT2D eigenvalue weighted by Crippen LogP contribution is -2.46. The van der Waals surface area contributed by atoms with Gasteiger partial charge in [-0.15, -0.1) is 0 Å². The predicted octanol–water partition coefficient (Wildman–Crippen LogP) is 2.69. The van der Waals surface area contributed by atoms with Crippen molar-refractivity contribution in [2.24, 2.45) is 0 Å². The summed E-state index contributed by atoms with van der Waals surface area (Å²) in [4.78, 5) is 14.1. The molecular weight excluding hydrogens is 266 g/mol. The van der Waals surface area contributed by atoms with Gasteiger partial charge in [-0.3, -0.25) is 0 Å². The number of hydrogen-bond acceptors (Lipinski definition) is 3. The van der Waals surface area contributed by atoms with Crippen molar-refractivity contribution >= 4 is 11.7 Å². The van der Waals surface area contributed by atoms with Crippen molar-refractivity contribution < 1.29 is 9.53 Å². The van der Waals surface area contributed by atoms with E-state index in [1.54, 1.807) is 7.11 Å². The van der Waals surface area contributed by atoms with E-state index in [4.69, 9.17) is 4.74 Å². The molecule has 0 saturated carbocycles. The average Bonchev–Trinajstić information content (AvgIpc) is 2.54. The van der Waals surface area contributed by atoms with Crippen molar-refractivity contribution in [2.75, 3.05) is 32.1 Å². The number of methoxy groups -OCH3 is 1. The van der Waals surface area contributed by atoms with Crippen molar-refractivity contribution in [3.05, 3.63) is 24.3 Å². The van der Waals surface area contributed by atoms with E-state index in [2.05, 4.69) is 17.6 Å². The van der Waals surface area contributed by atoms with Crippen LogP contribution in [0.3, 0.4) is 0 Å². The average molecular weight is 291 g/mol. The highest BCUT2D eigenvalue weighted by molar-refractivity contribution is 5.89. The Kier molecular flexibility index (Phi) is 5.87. The number of ether oxygens (including phenoxy) is 1. The molecule has 2 rings (SSSR count). The van der Waals surface area contributed by atoms with Crippen LogP contribution in [0.1, 0.15) is 26.2 Å². The molecule has 0 unspecified atom stereocenters. The zero-order chi connectivity index (χ0) is 15.1. The zero-order valence-corrected chi connectivity index (χ0v) is 12.9. The van der Waals surface area contributed by atoms with E-state index >= 15 is 0 Å². The van der Waals surface area contributed by atoms with Gasteiger partial charge in [-0.2, -0.15) is 0 Å². The van der Waals surface area contributed by atoms with Crippen LogP contribution >= 0.6 is 0 Å². The smallest absolute Gasteiger partial charge is 0.321 e. The fraction of sp³-hybridized carbons (Fsp3) is 0.562. The Morgan fingerprint density at radius 1 is 1.29 bits per heavy atom. The van der Waals surface area contributed by atoms with E-state index in [-0.39, 0.29) is 6.03 Å². The molecule has 0 spiro atoms. The van der Waals surface area contributed by atoms with Crippen molar-refractivity contribution in [1.82, 2.24) is 10.2 Å². The lowest BCUT2D eigenvalue weighted by Gasteiger charge is -2.32. The van der Waals surface area contributed by atoms with Crippen LogP contribution in [0.4, 0.5) is 10.5 Å². The summed E-state index contributed by atoms with van der Waals surface area (Å²) in [5, 5.41) is 6.45. The Morgan fingerprint density at radius 2 is 1.95 bits per heavy atom. The van der Waals surface area contributed by atoms with E-state index in [0.717, 1.165) is 50.3 Å². The van der Waals surface area contributed by atoms with E-state index < -0.39 is 0 Å². The lowest BCUT2D eigenvalue weighted by molar-refractivity contribution is 0.189. The number of carbonyl (C=O) groups excluding carboxylic acids is 1. The van der Waals surface area contributed by atoms with Crippen molar-refractivity contribution in [1.29, 1.82) is 0 Å². The molecule has 1 aromatic rings. The number of hydrogen-bond donors (Lipinski definition) is 2. The van der Waals surface area contributed by atoms with Gasteiger partial charge in [0.05, 0.1) is 7.11 Å². The molecule has 116 valence electrons. The van der Waals surface area contributed by atoms with Crippen molar-refractivity contribution in [2.45, 2.75) is 32.2 Å². The summed E-state index contributed by atoms with van der Waals surface area (Å²) < 4.78 is 5.10. The molecule has 0 radical (unpaired) electrons. The number of nitrogens with zero attached hydrogens (tertiary/aromatic N) is 1. The van der Waals surface area contributed by atoms with Gasteiger partial charge < -0.3 is 20.3 Å². The summed E-state index contributed by atoms with van der Waals surface area (Å²) in [5.74, 6) is 0.788. The number of urea groups is 1. The summed E-state index contributed by atoms with van der Waals surface area (Å²) in [6.07, 6.45) is 3.20. The van der Waals surface area contributed by atoms with Gasteiger partial charge in [-0.05, 0) is 50.1 Å². The Labute approximate surface area is 126 Å². The molecule has 21 heavy (non-hydrogen) atoms. The van der Waals surface area contributed by atoms with Crippen LogP contribution in [-0.2, 0) is 0 Å². The fourth-order valence-electron chi connectivity index (χ4n) is 2.51. The number of rotatable bonds is 5. The highest BCUT2D eigenvalue weighted by atomic mass is 16.5. The quantitative estimate of drug-likeness (QED) is 0.877. The Balaban J connectivity index is 1.78. The molecule has 1 aliphatic rings. The SMILES string of the molecule is CCCNC1CCN(C(=O)Nc2ccc(OC)cc2)CC1. The second kappa shape index (κ2) is 7.88. The molecular formula is C16H25N3O2. The van der Waals surface area contributed by atoms with E-state index in [1.165, 1.54) is 0 Å². The summed E-state index contributed by atoms with van der Waals surface area (Å²) >= 11 is 0. The maximum atomic E-state index is 12.2. The van der Waals surface area contributed by atoms with Gasteiger partial charge in [-0.25, -0.2) is 4.79 Å². The summed E-state index contributed by atoms with van der Waals surface area (Å²) in [5.41, 5.74) is 0.798. The third-order valence-electron chi connectivity index (χ3n) is 3.81. The summed E-state index contributed by atoms with van der Waals surface area (Å²) in [7, 11) is 1.63. The molecule has 5 nitrogen and oxygen atoms in total. The monoisotopic (exact) mass is 291 g/mol. The van der Waals surface area contributed by atoms with E-state index in [9.17, 15) is 4.79 Å². The minimum atomic E-state index is -0.0193. The van der Waals surface area contributed by atoms with Gasteiger partial charge in [0.2, 0.25) is 0 Å². The number of anilines is 1. The molecule has 0 aromatic heterocycles. The largest absolute Gasteiger partial charge is 0.497 e. The van der Waals surface area contributed by atoms with Crippen LogP contribution in [-0.4, -0.2) is 43.7 Å². The summed E-state index contributed by atoms with van der Waals surface area (Å²) in [6.45, 7) is 4.85. The maximum absolute atomic E-state index is 12.2. The molecule has 1 fully saturated rings. The maximum Gasteiger partial charge on any atom is 0.321 e. The number of likely N-dealkylation sites (tertiary alicyclic amines) is 1. The number of piperidine rings is 1. The number of carbonyl (C=O) groups is 1. The second-order valence-corrected chi connectivity index (χ2v) is 5.37.